The molecule has 2 aromatic rings. The normalized spacial score (nSPS) is 12.4. The van der Waals surface area contributed by atoms with Gasteiger partial charge in [0.25, 0.3) is 0 Å². The minimum absolute atomic E-state index is 0.0756. The summed E-state index contributed by atoms with van der Waals surface area (Å²) in [4.78, 5) is 1.21. The molecule has 0 aromatic heterocycles. The average Bonchev–Trinajstić information content (AvgIpc) is 2.50. The summed E-state index contributed by atoms with van der Waals surface area (Å²) in [5.41, 5.74) is 1.84. The summed E-state index contributed by atoms with van der Waals surface area (Å²) in [5, 5.41) is 4.01. The van der Waals surface area contributed by atoms with E-state index in [1.54, 1.807) is 23.9 Å². The molecule has 0 amide bonds. The molecule has 1 atom stereocenters. The second kappa shape index (κ2) is 7.83. The van der Waals surface area contributed by atoms with E-state index in [0.29, 0.717) is 17.0 Å². The first-order chi connectivity index (χ1) is 10.2. The van der Waals surface area contributed by atoms with E-state index in [4.69, 9.17) is 11.6 Å². The summed E-state index contributed by atoms with van der Waals surface area (Å²) >= 11 is 7.70. The van der Waals surface area contributed by atoms with Crippen LogP contribution in [0.3, 0.4) is 0 Å². The van der Waals surface area contributed by atoms with Crippen LogP contribution in [0.5, 0.6) is 0 Å². The van der Waals surface area contributed by atoms with Crippen LogP contribution in [-0.4, -0.2) is 12.8 Å². The molecule has 112 valence electrons. The van der Waals surface area contributed by atoms with Crippen molar-refractivity contribution in [2.45, 2.75) is 24.3 Å². The zero-order valence-electron chi connectivity index (χ0n) is 12.2. The lowest BCUT2D eigenvalue weighted by molar-refractivity contribution is 0.522. The van der Waals surface area contributed by atoms with Crippen LogP contribution in [-0.2, 0) is 6.42 Å². The first-order valence-electron chi connectivity index (χ1n) is 6.96. The maximum absolute atomic E-state index is 14.0. The molecule has 0 spiro atoms. The van der Waals surface area contributed by atoms with E-state index >= 15 is 0 Å². The topological polar surface area (TPSA) is 12.0 Å². The van der Waals surface area contributed by atoms with Gasteiger partial charge in [0.1, 0.15) is 5.82 Å². The molecule has 2 aromatic carbocycles. The van der Waals surface area contributed by atoms with Crippen LogP contribution < -0.4 is 5.32 Å². The van der Waals surface area contributed by atoms with Crippen molar-refractivity contribution in [2.75, 3.05) is 12.8 Å². The summed E-state index contributed by atoms with van der Waals surface area (Å²) in [6.45, 7) is 2.89. The van der Waals surface area contributed by atoms with Gasteiger partial charge in [0, 0.05) is 16.0 Å². The van der Waals surface area contributed by atoms with Crippen molar-refractivity contribution in [3.63, 3.8) is 0 Å². The van der Waals surface area contributed by atoms with Crippen molar-refractivity contribution in [2.24, 2.45) is 0 Å². The number of benzene rings is 2. The monoisotopic (exact) mass is 323 g/mol. The van der Waals surface area contributed by atoms with E-state index in [1.165, 1.54) is 16.5 Å². The van der Waals surface area contributed by atoms with E-state index in [0.717, 1.165) is 6.54 Å². The SMILES string of the molecule is CCNC(Cc1cc(Cl)ccc1F)c1ccccc1SC. The Morgan fingerprint density at radius 3 is 2.71 bits per heavy atom. The highest BCUT2D eigenvalue weighted by Crippen LogP contribution is 2.29. The van der Waals surface area contributed by atoms with Crippen molar-refractivity contribution < 1.29 is 4.39 Å². The summed E-state index contributed by atoms with van der Waals surface area (Å²) in [7, 11) is 0. The van der Waals surface area contributed by atoms with Gasteiger partial charge < -0.3 is 5.32 Å². The third-order valence-corrected chi connectivity index (χ3v) is 4.44. The van der Waals surface area contributed by atoms with Gasteiger partial charge >= 0.3 is 0 Å². The van der Waals surface area contributed by atoms with Crippen molar-refractivity contribution in [3.8, 4) is 0 Å². The second-order valence-electron chi connectivity index (χ2n) is 4.79. The Hall–Kier alpha value is -1.03. The Morgan fingerprint density at radius 2 is 2.00 bits per heavy atom. The van der Waals surface area contributed by atoms with Gasteiger partial charge in [-0.25, -0.2) is 4.39 Å². The number of halogens is 2. The first-order valence-corrected chi connectivity index (χ1v) is 8.56. The lowest BCUT2D eigenvalue weighted by Crippen LogP contribution is -2.24. The van der Waals surface area contributed by atoms with Crippen LogP contribution in [0.25, 0.3) is 0 Å². The molecule has 1 N–H and O–H groups in total. The van der Waals surface area contributed by atoms with Crippen molar-refractivity contribution in [3.05, 3.63) is 64.4 Å². The molecule has 4 heteroatoms. The quantitative estimate of drug-likeness (QED) is 0.743. The Balaban J connectivity index is 2.33. The minimum atomic E-state index is -0.205. The Bertz CT molecular complexity index is 603. The number of hydrogen-bond donors (Lipinski definition) is 1. The van der Waals surface area contributed by atoms with Gasteiger partial charge in [-0.2, -0.15) is 0 Å². The molecular weight excluding hydrogens is 305 g/mol. The minimum Gasteiger partial charge on any atom is -0.310 e. The lowest BCUT2D eigenvalue weighted by Gasteiger charge is -2.21. The molecule has 0 heterocycles. The molecule has 0 radical (unpaired) electrons. The average molecular weight is 324 g/mol. The van der Waals surface area contributed by atoms with Gasteiger partial charge in [0.15, 0.2) is 0 Å². The molecule has 2 rings (SSSR count). The van der Waals surface area contributed by atoms with Crippen LogP contribution in [0.4, 0.5) is 4.39 Å². The highest BCUT2D eigenvalue weighted by molar-refractivity contribution is 7.98. The smallest absolute Gasteiger partial charge is 0.126 e. The van der Waals surface area contributed by atoms with Gasteiger partial charge in [-0.15, -0.1) is 11.8 Å². The predicted molar refractivity (Wildman–Crippen MR) is 89.8 cm³/mol. The van der Waals surface area contributed by atoms with Crippen molar-refractivity contribution >= 4 is 23.4 Å². The maximum Gasteiger partial charge on any atom is 0.126 e. The van der Waals surface area contributed by atoms with E-state index in [9.17, 15) is 4.39 Å². The molecule has 1 unspecified atom stereocenters. The zero-order chi connectivity index (χ0) is 15.2. The predicted octanol–water partition coefficient (Wildman–Crippen LogP) is 5.09. The Morgan fingerprint density at radius 1 is 1.24 bits per heavy atom. The molecule has 1 nitrogen and oxygen atoms in total. The molecule has 0 aliphatic carbocycles. The summed E-state index contributed by atoms with van der Waals surface area (Å²) in [6, 6.07) is 13.0. The highest BCUT2D eigenvalue weighted by Gasteiger charge is 2.16. The zero-order valence-corrected chi connectivity index (χ0v) is 13.8. The summed E-state index contributed by atoms with van der Waals surface area (Å²) in [6.07, 6.45) is 2.64. The van der Waals surface area contributed by atoms with Crippen LogP contribution >= 0.6 is 23.4 Å². The van der Waals surface area contributed by atoms with Crippen LogP contribution in [0.15, 0.2) is 47.4 Å². The van der Waals surface area contributed by atoms with Gasteiger partial charge in [-0.3, -0.25) is 0 Å². The first kappa shape index (κ1) is 16.3. The number of likely N-dealkylation sites (N-methyl/N-ethyl adjacent to an activating group) is 1. The largest absolute Gasteiger partial charge is 0.310 e. The molecule has 0 fully saturated rings. The molecular formula is C17H19ClFNS. The van der Waals surface area contributed by atoms with Gasteiger partial charge in [0.2, 0.25) is 0 Å². The van der Waals surface area contributed by atoms with Crippen molar-refractivity contribution in [1.82, 2.24) is 5.32 Å². The molecule has 0 saturated carbocycles. The van der Waals surface area contributed by atoms with Crippen LogP contribution in [0.2, 0.25) is 5.02 Å². The summed E-state index contributed by atoms with van der Waals surface area (Å²) in [5.74, 6) is -0.205. The number of rotatable bonds is 6. The summed E-state index contributed by atoms with van der Waals surface area (Å²) < 4.78 is 14.0. The third kappa shape index (κ3) is 4.22. The lowest BCUT2D eigenvalue weighted by atomic mass is 9.98. The Labute approximate surface area is 134 Å². The fourth-order valence-corrected chi connectivity index (χ4v) is 3.27. The molecule has 0 aliphatic rings. The molecule has 21 heavy (non-hydrogen) atoms. The van der Waals surface area contributed by atoms with E-state index in [1.807, 2.05) is 12.1 Å². The number of nitrogens with one attached hydrogen (secondary N) is 1. The Kier molecular flexibility index (Phi) is 6.09. The molecule has 0 saturated heterocycles. The number of hydrogen-bond acceptors (Lipinski definition) is 2. The fourth-order valence-electron chi connectivity index (χ4n) is 2.41. The maximum atomic E-state index is 14.0. The van der Waals surface area contributed by atoms with E-state index < -0.39 is 0 Å². The molecule has 0 bridgehead atoms. The standard InChI is InChI=1S/C17H19ClFNS/c1-3-20-16(14-6-4-5-7-17(14)21-2)11-12-10-13(18)8-9-15(12)19/h4-10,16,20H,3,11H2,1-2H3. The highest BCUT2D eigenvalue weighted by atomic mass is 35.5. The second-order valence-corrected chi connectivity index (χ2v) is 6.08. The van der Waals surface area contributed by atoms with Gasteiger partial charge in [-0.05, 0) is 54.6 Å². The third-order valence-electron chi connectivity index (χ3n) is 3.40. The molecule has 0 aliphatic heterocycles. The van der Waals surface area contributed by atoms with E-state index in [-0.39, 0.29) is 11.9 Å². The van der Waals surface area contributed by atoms with Crippen LogP contribution in [0, 0.1) is 5.82 Å². The van der Waals surface area contributed by atoms with Gasteiger partial charge in [-0.1, -0.05) is 36.7 Å². The number of thioether (sulfide) groups is 1. The van der Waals surface area contributed by atoms with E-state index in [2.05, 4.69) is 30.6 Å². The van der Waals surface area contributed by atoms with Crippen LogP contribution in [0.1, 0.15) is 24.1 Å². The van der Waals surface area contributed by atoms with Gasteiger partial charge in [0.05, 0.1) is 0 Å². The van der Waals surface area contributed by atoms with Crippen molar-refractivity contribution in [1.29, 1.82) is 0 Å². The fraction of sp³-hybridized carbons (Fsp3) is 0.294.